The highest BCUT2D eigenvalue weighted by molar-refractivity contribution is 5.78. The summed E-state index contributed by atoms with van der Waals surface area (Å²) in [5.41, 5.74) is 1.66. The van der Waals surface area contributed by atoms with Gasteiger partial charge in [-0.1, -0.05) is 6.07 Å². The van der Waals surface area contributed by atoms with E-state index in [4.69, 9.17) is 9.47 Å². The number of hydrogen-bond donors (Lipinski definition) is 0. The summed E-state index contributed by atoms with van der Waals surface area (Å²) in [5, 5.41) is 0. The Labute approximate surface area is 83.6 Å². The Hall–Kier alpha value is -1.35. The van der Waals surface area contributed by atoms with Crippen molar-refractivity contribution in [3.63, 3.8) is 0 Å². The summed E-state index contributed by atoms with van der Waals surface area (Å²) in [6, 6.07) is 5.47. The van der Waals surface area contributed by atoms with Crippen LogP contribution in [0.2, 0.25) is 0 Å². The molecule has 0 bridgehead atoms. The van der Waals surface area contributed by atoms with Crippen LogP contribution in [0.5, 0.6) is 5.75 Å². The van der Waals surface area contributed by atoms with Gasteiger partial charge in [0.1, 0.15) is 12.0 Å². The smallest absolute Gasteiger partial charge is 0.150 e. The highest BCUT2D eigenvalue weighted by Crippen LogP contribution is 2.16. The molecule has 0 radical (unpaired) electrons. The fourth-order valence-electron chi connectivity index (χ4n) is 1.25. The van der Waals surface area contributed by atoms with Gasteiger partial charge in [0, 0.05) is 12.7 Å². The second-order valence-electron chi connectivity index (χ2n) is 2.93. The Morgan fingerprint density at radius 1 is 1.36 bits per heavy atom. The summed E-state index contributed by atoms with van der Waals surface area (Å²) >= 11 is 0. The van der Waals surface area contributed by atoms with Crippen LogP contribution in [0.4, 0.5) is 0 Å². The Balaban J connectivity index is 2.87. The van der Waals surface area contributed by atoms with E-state index in [9.17, 15) is 4.79 Å². The molecule has 0 spiro atoms. The van der Waals surface area contributed by atoms with E-state index in [1.165, 1.54) is 0 Å². The Kier molecular flexibility index (Phi) is 4.13. The first-order valence-corrected chi connectivity index (χ1v) is 4.43. The zero-order chi connectivity index (χ0) is 10.4. The van der Waals surface area contributed by atoms with E-state index in [-0.39, 0.29) is 0 Å². The quantitative estimate of drug-likeness (QED) is 0.669. The molecule has 1 rings (SSSR count). The molecule has 76 valence electrons. The summed E-state index contributed by atoms with van der Waals surface area (Å²) in [6.07, 6.45) is 1.59. The van der Waals surface area contributed by atoms with Crippen LogP contribution < -0.4 is 4.74 Å². The van der Waals surface area contributed by atoms with Crippen LogP contribution in [0.25, 0.3) is 0 Å². The lowest BCUT2D eigenvalue weighted by atomic mass is 10.1. The molecule has 0 aliphatic rings. The second-order valence-corrected chi connectivity index (χ2v) is 2.93. The molecule has 0 amide bonds. The molecule has 0 atom stereocenters. The standard InChI is InChI=1S/C11H14O3/c1-13-6-5-9-3-4-11(14-2)7-10(9)8-12/h3-4,7-8H,5-6H2,1-2H3. The van der Waals surface area contributed by atoms with Gasteiger partial charge in [-0.25, -0.2) is 0 Å². The molecule has 0 saturated carbocycles. The van der Waals surface area contributed by atoms with Crippen LogP contribution in [0.1, 0.15) is 15.9 Å². The van der Waals surface area contributed by atoms with Gasteiger partial charge in [-0.15, -0.1) is 0 Å². The first kappa shape index (κ1) is 10.7. The molecular formula is C11H14O3. The van der Waals surface area contributed by atoms with Gasteiger partial charge in [0.2, 0.25) is 0 Å². The maximum atomic E-state index is 10.8. The predicted octanol–water partition coefficient (Wildman–Crippen LogP) is 1.70. The van der Waals surface area contributed by atoms with E-state index in [0.29, 0.717) is 17.9 Å². The SMILES string of the molecule is COCCc1ccc(OC)cc1C=O. The average molecular weight is 194 g/mol. The third-order valence-corrected chi connectivity index (χ3v) is 2.06. The number of aldehydes is 1. The Bertz CT molecular complexity index is 307. The van der Waals surface area contributed by atoms with Crippen molar-refractivity contribution >= 4 is 6.29 Å². The number of benzene rings is 1. The maximum absolute atomic E-state index is 10.8. The van der Waals surface area contributed by atoms with Crippen molar-refractivity contribution < 1.29 is 14.3 Å². The zero-order valence-electron chi connectivity index (χ0n) is 8.45. The Morgan fingerprint density at radius 3 is 2.71 bits per heavy atom. The minimum atomic E-state index is 0.618. The molecule has 0 heterocycles. The highest BCUT2D eigenvalue weighted by atomic mass is 16.5. The molecule has 0 fully saturated rings. The predicted molar refractivity (Wildman–Crippen MR) is 54.0 cm³/mol. The van der Waals surface area contributed by atoms with E-state index < -0.39 is 0 Å². The molecule has 0 aliphatic carbocycles. The van der Waals surface area contributed by atoms with E-state index in [1.54, 1.807) is 20.3 Å². The fourth-order valence-corrected chi connectivity index (χ4v) is 1.25. The molecule has 0 aromatic heterocycles. The minimum absolute atomic E-state index is 0.618. The van der Waals surface area contributed by atoms with Crippen molar-refractivity contribution in [1.82, 2.24) is 0 Å². The van der Waals surface area contributed by atoms with Gasteiger partial charge in [0.05, 0.1) is 13.7 Å². The van der Waals surface area contributed by atoms with E-state index in [1.807, 2.05) is 12.1 Å². The average Bonchev–Trinajstić information content (AvgIpc) is 2.26. The van der Waals surface area contributed by atoms with Gasteiger partial charge in [-0.05, 0) is 24.1 Å². The van der Waals surface area contributed by atoms with Crippen molar-refractivity contribution in [2.45, 2.75) is 6.42 Å². The molecule has 0 N–H and O–H groups in total. The minimum Gasteiger partial charge on any atom is -0.497 e. The van der Waals surface area contributed by atoms with E-state index in [0.717, 1.165) is 18.3 Å². The summed E-state index contributed by atoms with van der Waals surface area (Å²) < 4.78 is 9.98. The summed E-state index contributed by atoms with van der Waals surface area (Å²) in [4.78, 5) is 10.8. The van der Waals surface area contributed by atoms with Crippen molar-refractivity contribution in [3.8, 4) is 5.75 Å². The topological polar surface area (TPSA) is 35.5 Å². The molecule has 14 heavy (non-hydrogen) atoms. The fraction of sp³-hybridized carbons (Fsp3) is 0.364. The van der Waals surface area contributed by atoms with Crippen molar-refractivity contribution in [2.24, 2.45) is 0 Å². The van der Waals surface area contributed by atoms with Crippen LogP contribution in [-0.4, -0.2) is 27.1 Å². The normalized spacial score (nSPS) is 9.86. The molecule has 3 heteroatoms. The van der Waals surface area contributed by atoms with Crippen molar-refractivity contribution in [1.29, 1.82) is 0 Å². The van der Waals surface area contributed by atoms with Crippen molar-refractivity contribution in [3.05, 3.63) is 29.3 Å². The van der Waals surface area contributed by atoms with E-state index >= 15 is 0 Å². The van der Waals surface area contributed by atoms with Gasteiger partial charge in [0.25, 0.3) is 0 Å². The second kappa shape index (κ2) is 5.40. The summed E-state index contributed by atoms with van der Waals surface area (Å²) in [6.45, 7) is 0.618. The number of hydrogen-bond acceptors (Lipinski definition) is 3. The first-order chi connectivity index (χ1) is 6.81. The van der Waals surface area contributed by atoms with E-state index in [2.05, 4.69) is 0 Å². The number of carbonyl (C=O) groups excluding carboxylic acids is 1. The lowest BCUT2D eigenvalue weighted by Crippen LogP contribution is -1.99. The maximum Gasteiger partial charge on any atom is 0.150 e. The van der Waals surface area contributed by atoms with Crippen LogP contribution >= 0.6 is 0 Å². The molecule has 0 aliphatic heterocycles. The van der Waals surface area contributed by atoms with Gasteiger partial charge >= 0.3 is 0 Å². The third kappa shape index (κ3) is 2.57. The van der Waals surface area contributed by atoms with Crippen LogP contribution in [0, 0.1) is 0 Å². The van der Waals surface area contributed by atoms with Crippen molar-refractivity contribution in [2.75, 3.05) is 20.8 Å². The molecule has 0 unspecified atom stereocenters. The van der Waals surface area contributed by atoms with Gasteiger partial charge < -0.3 is 9.47 Å². The molecule has 3 nitrogen and oxygen atoms in total. The molecule has 1 aromatic carbocycles. The van der Waals surface area contributed by atoms with Gasteiger partial charge in [-0.2, -0.15) is 0 Å². The van der Waals surface area contributed by atoms with Gasteiger partial charge in [0.15, 0.2) is 0 Å². The van der Waals surface area contributed by atoms with Crippen LogP contribution in [0.3, 0.4) is 0 Å². The summed E-state index contributed by atoms with van der Waals surface area (Å²) in [5.74, 6) is 0.702. The Morgan fingerprint density at radius 2 is 2.14 bits per heavy atom. The highest BCUT2D eigenvalue weighted by Gasteiger charge is 2.02. The molecule has 1 aromatic rings. The lowest BCUT2D eigenvalue weighted by molar-refractivity contribution is 0.112. The number of carbonyl (C=O) groups is 1. The largest absolute Gasteiger partial charge is 0.497 e. The van der Waals surface area contributed by atoms with Crippen LogP contribution in [-0.2, 0) is 11.2 Å². The first-order valence-electron chi connectivity index (χ1n) is 4.43. The molecule has 0 saturated heterocycles. The molecular weight excluding hydrogens is 180 g/mol. The van der Waals surface area contributed by atoms with Gasteiger partial charge in [-0.3, -0.25) is 4.79 Å². The number of methoxy groups -OCH3 is 2. The zero-order valence-corrected chi connectivity index (χ0v) is 8.45. The number of ether oxygens (including phenoxy) is 2. The monoisotopic (exact) mass is 194 g/mol. The third-order valence-electron chi connectivity index (χ3n) is 2.06. The summed E-state index contributed by atoms with van der Waals surface area (Å²) in [7, 11) is 3.23. The number of rotatable bonds is 5. The van der Waals surface area contributed by atoms with Crippen LogP contribution in [0.15, 0.2) is 18.2 Å². The lowest BCUT2D eigenvalue weighted by Gasteiger charge is -2.06.